The van der Waals surface area contributed by atoms with Crippen LogP contribution in [0.3, 0.4) is 0 Å². The molecule has 0 radical (unpaired) electrons. The van der Waals surface area contributed by atoms with E-state index in [-0.39, 0.29) is 23.3 Å². The molecule has 1 amide bonds. The van der Waals surface area contributed by atoms with Gasteiger partial charge < -0.3 is 5.32 Å². The molecule has 134 valence electrons. The van der Waals surface area contributed by atoms with E-state index in [2.05, 4.69) is 15.0 Å². The van der Waals surface area contributed by atoms with Gasteiger partial charge in [0, 0.05) is 16.6 Å². The van der Waals surface area contributed by atoms with E-state index in [1.807, 2.05) is 13.2 Å². The highest BCUT2D eigenvalue weighted by atomic mass is 32.2. The normalized spacial score (nSPS) is 14.5. The summed E-state index contributed by atoms with van der Waals surface area (Å²) in [4.78, 5) is 17.7. The lowest BCUT2D eigenvalue weighted by Gasteiger charge is -2.09. The molecular weight excluding hydrogens is 378 g/mol. The summed E-state index contributed by atoms with van der Waals surface area (Å²) in [5, 5.41) is 2.77. The zero-order valence-corrected chi connectivity index (χ0v) is 16.4. The first-order valence-corrected chi connectivity index (χ1v) is 11.3. The molecule has 2 aromatic rings. The lowest BCUT2D eigenvalue weighted by Crippen LogP contribution is -2.25. The molecule has 1 heterocycles. The number of thiazole rings is 1. The number of amides is 1. The molecule has 0 atom stereocenters. The average Bonchev–Trinajstić information content (AvgIpc) is 3.29. The van der Waals surface area contributed by atoms with Crippen LogP contribution in [0.5, 0.6) is 0 Å². The van der Waals surface area contributed by atoms with Crippen LogP contribution in [0, 0.1) is 6.92 Å². The summed E-state index contributed by atoms with van der Waals surface area (Å²) in [7, 11) is -3.53. The van der Waals surface area contributed by atoms with Gasteiger partial charge in [-0.25, -0.2) is 18.1 Å². The van der Waals surface area contributed by atoms with Gasteiger partial charge in [-0.1, -0.05) is 17.8 Å². The fourth-order valence-electron chi connectivity index (χ4n) is 2.23. The number of thioether (sulfide) groups is 1. The molecule has 0 aliphatic heterocycles. The van der Waals surface area contributed by atoms with E-state index in [0.717, 1.165) is 27.8 Å². The first kappa shape index (κ1) is 18.4. The molecule has 1 aromatic carbocycles. The number of carbonyl (C=O) groups is 1. The molecule has 0 saturated heterocycles. The van der Waals surface area contributed by atoms with Crippen molar-refractivity contribution in [1.82, 2.24) is 9.71 Å². The van der Waals surface area contributed by atoms with Gasteiger partial charge in [0.15, 0.2) is 0 Å². The molecule has 0 spiro atoms. The van der Waals surface area contributed by atoms with Crippen LogP contribution in [0.4, 0.5) is 5.69 Å². The van der Waals surface area contributed by atoms with Crippen molar-refractivity contribution < 1.29 is 13.2 Å². The second-order valence-corrected chi connectivity index (χ2v) is 9.69. The minimum absolute atomic E-state index is 0.0446. The Morgan fingerprint density at radius 3 is 2.80 bits per heavy atom. The first-order chi connectivity index (χ1) is 11.9. The third kappa shape index (κ3) is 4.81. The third-order valence-electron chi connectivity index (χ3n) is 3.70. The number of carbonyl (C=O) groups excluding carboxylic acids is 1. The molecule has 0 unspecified atom stereocenters. The second-order valence-electron chi connectivity index (χ2n) is 5.84. The van der Waals surface area contributed by atoms with Crippen LogP contribution in [-0.2, 0) is 21.2 Å². The average molecular weight is 398 g/mol. The molecule has 6 nitrogen and oxygen atoms in total. The molecule has 3 rings (SSSR count). The molecule has 1 aliphatic rings. The Balaban J connectivity index is 1.68. The maximum atomic E-state index is 12.3. The number of aryl methyl sites for hydroxylation is 1. The van der Waals surface area contributed by atoms with E-state index in [9.17, 15) is 13.2 Å². The number of nitrogens with one attached hydrogen (secondary N) is 2. The molecule has 2 N–H and O–H groups in total. The molecule has 1 aliphatic carbocycles. The number of benzene rings is 1. The van der Waals surface area contributed by atoms with Crippen LogP contribution in [0.15, 0.2) is 33.5 Å². The fraction of sp³-hybridized carbons (Fsp3) is 0.375. The highest BCUT2D eigenvalue weighted by molar-refractivity contribution is 8.00. The number of sulfonamides is 1. The van der Waals surface area contributed by atoms with Crippen molar-refractivity contribution in [1.29, 1.82) is 0 Å². The maximum Gasteiger partial charge on any atom is 0.240 e. The van der Waals surface area contributed by atoms with Crippen molar-refractivity contribution in [3.05, 3.63) is 34.8 Å². The van der Waals surface area contributed by atoms with Gasteiger partial charge in [-0.05, 0) is 44.2 Å². The quantitative estimate of drug-likeness (QED) is 0.702. The molecule has 1 aromatic heterocycles. The van der Waals surface area contributed by atoms with E-state index in [4.69, 9.17) is 0 Å². The Bertz CT molecular complexity index is 889. The summed E-state index contributed by atoms with van der Waals surface area (Å²) in [6.45, 7) is 1.88. The summed E-state index contributed by atoms with van der Waals surface area (Å²) < 4.78 is 28.1. The smallest absolute Gasteiger partial charge is 0.240 e. The monoisotopic (exact) mass is 397 g/mol. The Hall–Kier alpha value is -1.42. The SMILES string of the molecule is CSc1nc(C)c(CC(=O)Nc2cccc(S(=O)(=O)NC3CC3)c2)s1. The Morgan fingerprint density at radius 2 is 2.16 bits per heavy atom. The molecule has 1 fully saturated rings. The predicted octanol–water partition coefficient (Wildman–Crippen LogP) is 2.80. The van der Waals surface area contributed by atoms with E-state index in [0.29, 0.717) is 5.69 Å². The number of nitrogens with zero attached hydrogens (tertiary/aromatic N) is 1. The number of anilines is 1. The topological polar surface area (TPSA) is 88.2 Å². The molecule has 9 heteroatoms. The van der Waals surface area contributed by atoms with Crippen molar-refractivity contribution in [3.8, 4) is 0 Å². The summed E-state index contributed by atoms with van der Waals surface area (Å²) in [6.07, 6.45) is 3.93. The largest absolute Gasteiger partial charge is 0.326 e. The number of hydrogen-bond donors (Lipinski definition) is 2. The van der Waals surface area contributed by atoms with Crippen molar-refractivity contribution in [2.45, 2.75) is 41.5 Å². The van der Waals surface area contributed by atoms with Crippen molar-refractivity contribution >= 4 is 44.7 Å². The molecule has 1 saturated carbocycles. The van der Waals surface area contributed by atoms with Gasteiger partial charge in [0.2, 0.25) is 15.9 Å². The zero-order valence-electron chi connectivity index (χ0n) is 13.9. The second kappa shape index (κ2) is 7.45. The van der Waals surface area contributed by atoms with Gasteiger partial charge in [0.05, 0.1) is 17.0 Å². The number of rotatable bonds is 7. The molecule has 25 heavy (non-hydrogen) atoms. The number of hydrogen-bond acceptors (Lipinski definition) is 6. The fourth-order valence-corrected chi connectivity index (χ4v) is 5.24. The standard InChI is InChI=1S/C16H19N3O3S3/c1-10-14(24-16(17-10)23-2)9-15(20)18-12-4-3-5-13(8-12)25(21,22)19-11-6-7-11/h3-5,8,11,19H,6-7,9H2,1-2H3,(H,18,20). The van der Waals surface area contributed by atoms with E-state index in [1.165, 1.54) is 23.5 Å². The van der Waals surface area contributed by atoms with E-state index < -0.39 is 10.0 Å². The summed E-state index contributed by atoms with van der Waals surface area (Å²) in [5.74, 6) is -0.191. The minimum atomic E-state index is -3.53. The first-order valence-electron chi connectivity index (χ1n) is 7.80. The number of aromatic nitrogens is 1. The van der Waals surface area contributed by atoms with Crippen LogP contribution in [0.25, 0.3) is 0 Å². The summed E-state index contributed by atoms with van der Waals surface area (Å²) >= 11 is 3.06. The van der Waals surface area contributed by atoms with Gasteiger partial charge in [-0.3, -0.25) is 4.79 Å². The van der Waals surface area contributed by atoms with Crippen LogP contribution >= 0.6 is 23.1 Å². The highest BCUT2D eigenvalue weighted by Gasteiger charge is 2.28. The third-order valence-corrected chi connectivity index (χ3v) is 7.36. The van der Waals surface area contributed by atoms with Crippen LogP contribution in [0.1, 0.15) is 23.4 Å². The summed E-state index contributed by atoms with van der Waals surface area (Å²) in [6, 6.07) is 6.36. The van der Waals surface area contributed by atoms with E-state index in [1.54, 1.807) is 23.9 Å². The molecule has 0 bridgehead atoms. The minimum Gasteiger partial charge on any atom is -0.326 e. The van der Waals surface area contributed by atoms with Gasteiger partial charge in [-0.15, -0.1) is 11.3 Å². The van der Waals surface area contributed by atoms with Crippen molar-refractivity contribution in [2.24, 2.45) is 0 Å². The van der Waals surface area contributed by atoms with Gasteiger partial charge >= 0.3 is 0 Å². The van der Waals surface area contributed by atoms with Gasteiger partial charge in [0.25, 0.3) is 0 Å². The van der Waals surface area contributed by atoms with Crippen LogP contribution in [-0.4, -0.2) is 31.6 Å². The molecular formula is C16H19N3O3S3. The Morgan fingerprint density at radius 1 is 1.40 bits per heavy atom. The van der Waals surface area contributed by atoms with Crippen molar-refractivity contribution in [3.63, 3.8) is 0 Å². The Labute approximate surface area is 155 Å². The highest BCUT2D eigenvalue weighted by Crippen LogP contribution is 2.26. The predicted molar refractivity (Wildman–Crippen MR) is 101 cm³/mol. The summed E-state index contributed by atoms with van der Waals surface area (Å²) in [5.41, 5.74) is 1.32. The zero-order chi connectivity index (χ0) is 18.0. The van der Waals surface area contributed by atoms with Crippen molar-refractivity contribution in [2.75, 3.05) is 11.6 Å². The lowest BCUT2D eigenvalue weighted by atomic mass is 10.2. The van der Waals surface area contributed by atoms with Gasteiger partial charge in [-0.2, -0.15) is 0 Å². The van der Waals surface area contributed by atoms with Gasteiger partial charge in [0.1, 0.15) is 4.34 Å². The lowest BCUT2D eigenvalue weighted by molar-refractivity contribution is -0.115. The maximum absolute atomic E-state index is 12.3. The Kier molecular flexibility index (Phi) is 5.47. The van der Waals surface area contributed by atoms with Crippen LogP contribution < -0.4 is 10.0 Å². The van der Waals surface area contributed by atoms with Crippen LogP contribution in [0.2, 0.25) is 0 Å². The van der Waals surface area contributed by atoms with E-state index >= 15 is 0 Å².